The lowest BCUT2D eigenvalue weighted by atomic mass is 10.0. The Kier molecular flexibility index (Phi) is 7.49. The zero-order valence-electron chi connectivity index (χ0n) is 17.3. The minimum absolute atomic E-state index is 0.0864. The zero-order valence-corrected chi connectivity index (χ0v) is 18.1. The minimum Gasteiger partial charge on any atom is -0.485 e. The van der Waals surface area contributed by atoms with Crippen LogP contribution in [0.25, 0.3) is 0 Å². The molecule has 0 saturated heterocycles. The number of hydrogen-bond acceptors (Lipinski definition) is 7. The largest absolute Gasteiger partial charge is 0.485 e. The van der Waals surface area contributed by atoms with Gasteiger partial charge in [0.05, 0.1) is 5.25 Å². The Morgan fingerprint density at radius 2 is 1.93 bits per heavy atom. The van der Waals surface area contributed by atoms with Gasteiger partial charge in [-0.05, 0) is 36.0 Å². The molecule has 1 aromatic carbocycles. The van der Waals surface area contributed by atoms with Gasteiger partial charge in [-0.2, -0.15) is 0 Å². The van der Waals surface area contributed by atoms with Crippen molar-refractivity contribution >= 4 is 23.7 Å². The van der Waals surface area contributed by atoms with E-state index in [4.69, 9.17) is 16.3 Å². The number of imide groups is 1. The van der Waals surface area contributed by atoms with E-state index in [0.29, 0.717) is 16.9 Å². The Hall–Kier alpha value is -2.75. The van der Waals surface area contributed by atoms with Gasteiger partial charge < -0.3 is 16.3 Å². The third-order valence-corrected chi connectivity index (χ3v) is 5.73. The van der Waals surface area contributed by atoms with Crippen molar-refractivity contribution < 1.29 is 14.3 Å². The van der Waals surface area contributed by atoms with Crippen LogP contribution in [0.2, 0.25) is 0 Å². The van der Waals surface area contributed by atoms with Crippen LogP contribution in [0.5, 0.6) is 5.75 Å². The van der Waals surface area contributed by atoms with E-state index in [9.17, 15) is 9.59 Å². The van der Waals surface area contributed by atoms with Gasteiger partial charge in [0.25, 0.3) is 0 Å². The summed E-state index contributed by atoms with van der Waals surface area (Å²) in [4.78, 5) is 23.2. The molecule has 1 atom stereocenters. The molecule has 0 fully saturated rings. The number of aryl methyl sites for hydroxylation is 1. The number of nitrogens with two attached hydrogens (primary N) is 2. The Labute approximate surface area is 174 Å². The van der Waals surface area contributed by atoms with Crippen molar-refractivity contribution in [1.29, 1.82) is 0 Å². The number of nitrogens with one attached hydrogen (secondary N) is 1. The fraction of sp³-hybridized carbons (Fsp3) is 0.474. The molecule has 158 valence electrons. The number of thioether (sulfide) groups is 1. The van der Waals surface area contributed by atoms with Crippen LogP contribution in [0.1, 0.15) is 50.6 Å². The summed E-state index contributed by atoms with van der Waals surface area (Å²) >= 11 is 1.12. The smallest absolute Gasteiger partial charge is 0.318 e. The molecule has 0 radical (unpaired) electrons. The number of nitrogen functional groups attached to an aromatic ring is 1. The molecule has 1 heterocycles. The van der Waals surface area contributed by atoms with Crippen LogP contribution in [0.3, 0.4) is 0 Å². The number of benzene rings is 1. The molecule has 0 aliphatic carbocycles. The number of carbonyl (C=O) groups excluding carboxylic acids is 2. The standard InChI is InChI=1S/C19H28N6O3S/c1-10(2)13-7-6-12(5)8-14(13)28-9-15-23-24-19(25(15)21)29-16(11(3)4)17(26)22-18(20)27/h6-8,10-11,16H,9,21H2,1-5H3,(H3,20,22,26,27)/t16-/m1/s1. The topological polar surface area (TPSA) is 138 Å². The highest BCUT2D eigenvalue weighted by Gasteiger charge is 2.27. The van der Waals surface area contributed by atoms with Gasteiger partial charge in [0.2, 0.25) is 11.1 Å². The van der Waals surface area contributed by atoms with E-state index in [0.717, 1.165) is 28.6 Å². The fourth-order valence-electron chi connectivity index (χ4n) is 2.67. The second kappa shape index (κ2) is 9.64. The summed E-state index contributed by atoms with van der Waals surface area (Å²) in [6.07, 6.45) is 0. The highest BCUT2D eigenvalue weighted by Crippen LogP contribution is 2.29. The predicted molar refractivity (Wildman–Crippen MR) is 112 cm³/mol. The lowest BCUT2D eigenvalue weighted by Crippen LogP contribution is -2.42. The number of amides is 3. The quantitative estimate of drug-likeness (QED) is 0.440. The van der Waals surface area contributed by atoms with E-state index in [1.165, 1.54) is 4.68 Å². The van der Waals surface area contributed by atoms with Crippen LogP contribution in [0.15, 0.2) is 23.4 Å². The van der Waals surface area contributed by atoms with Crippen LogP contribution >= 0.6 is 11.8 Å². The first-order valence-corrected chi connectivity index (χ1v) is 10.2. The predicted octanol–water partition coefficient (Wildman–Crippen LogP) is 2.31. The van der Waals surface area contributed by atoms with Crippen molar-refractivity contribution in [3.63, 3.8) is 0 Å². The van der Waals surface area contributed by atoms with Gasteiger partial charge in [0, 0.05) is 0 Å². The van der Waals surface area contributed by atoms with Crippen LogP contribution in [-0.2, 0) is 11.4 Å². The summed E-state index contributed by atoms with van der Waals surface area (Å²) in [6, 6.07) is 5.18. The van der Waals surface area contributed by atoms with Crippen LogP contribution in [0, 0.1) is 12.8 Å². The molecular formula is C19H28N6O3S. The average molecular weight is 421 g/mol. The maximum atomic E-state index is 12.2. The maximum Gasteiger partial charge on any atom is 0.318 e. The third kappa shape index (κ3) is 5.86. The first kappa shape index (κ1) is 22.5. The van der Waals surface area contributed by atoms with Gasteiger partial charge in [-0.1, -0.05) is 51.6 Å². The van der Waals surface area contributed by atoms with Crippen molar-refractivity contribution in [3.8, 4) is 5.75 Å². The van der Waals surface area contributed by atoms with E-state index in [1.807, 2.05) is 39.0 Å². The zero-order chi connectivity index (χ0) is 21.7. The van der Waals surface area contributed by atoms with Crippen molar-refractivity contribution in [2.75, 3.05) is 5.84 Å². The molecule has 2 rings (SSSR count). The van der Waals surface area contributed by atoms with Gasteiger partial charge >= 0.3 is 6.03 Å². The highest BCUT2D eigenvalue weighted by molar-refractivity contribution is 8.00. The molecule has 5 N–H and O–H groups in total. The summed E-state index contributed by atoms with van der Waals surface area (Å²) in [5.41, 5.74) is 7.23. The molecule has 1 aromatic heterocycles. The molecule has 2 aromatic rings. The lowest BCUT2D eigenvalue weighted by molar-refractivity contribution is -0.120. The monoisotopic (exact) mass is 420 g/mol. The van der Waals surface area contributed by atoms with Crippen LogP contribution < -0.4 is 21.6 Å². The normalized spacial score (nSPS) is 12.2. The summed E-state index contributed by atoms with van der Waals surface area (Å²) in [7, 11) is 0. The number of hydrogen-bond donors (Lipinski definition) is 3. The van der Waals surface area contributed by atoms with E-state index >= 15 is 0 Å². The number of urea groups is 1. The third-order valence-electron chi connectivity index (χ3n) is 4.23. The van der Waals surface area contributed by atoms with E-state index in [1.54, 1.807) is 0 Å². The Morgan fingerprint density at radius 3 is 2.52 bits per heavy atom. The Morgan fingerprint density at radius 1 is 1.24 bits per heavy atom. The van der Waals surface area contributed by atoms with Gasteiger partial charge in [-0.25, -0.2) is 9.47 Å². The lowest BCUT2D eigenvalue weighted by Gasteiger charge is -2.18. The number of carbonyl (C=O) groups is 2. The number of aromatic nitrogens is 3. The number of rotatable bonds is 8. The number of nitrogens with zero attached hydrogens (tertiary/aromatic N) is 3. The van der Waals surface area contributed by atoms with Gasteiger partial charge in [0.15, 0.2) is 5.82 Å². The average Bonchev–Trinajstić information content (AvgIpc) is 2.96. The van der Waals surface area contributed by atoms with E-state index in [2.05, 4.69) is 29.4 Å². The van der Waals surface area contributed by atoms with Gasteiger partial charge in [0.1, 0.15) is 12.4 Å². The molecule has 9 nitrogen and oxygen atoms in total. The summed E-state index contributed by atoms with van der Waals surface area (Å²) in [6.45, 7) is 10.0. The second-order valence-electron chi connectivity index (χ2n) is 7.39. The molecule has 0 bridgehead atoms. The molecule has 0 spiro atoms. The number of primary amides is 1. The molecule has 10 heteroatoms. The first-order chi connectivity index (χ1) is 13.6. The molecule has 0 unspecified atom stereocenters. The molecular weight excluding hydrogens is 392 g/mol. The summed E-state index contributed by atoms with van der Waals surface area (Å²) in [5.74, 6) is 7.03. The van der Waals surface area contributed by atoms with E-state index in [-0.39, 0.29) is 12.5 Å². The SMILES string of the molecule is Cc1ccc(C(C)C)c(OCc2nnc(S[C@@H](C(=O)NC(N)=O)C(C)C)n2N)c1. The van der Waals surface area contributed by atoms with Crippen LogP contribution in [-0.4, -0.2) is 32.1 Å². The van der Waals surface area contributed by atoms with E-state index < -0.39 is 17.2 Å². The molecule has 3 amide bonds. The van der Waals surface area contributed by atoms with Crippen molar-refractivity contribution in [2.45, 2.75) is 57.5 Å². The number of ether oxygens (including phenoxy) is 1. The molecule has 0 saturated carbocycles. The van der Waals surface area contributed by atoms with Gasteiger partial charge in [-0.3, -0.25) is 10.1 Å². The van der Waals surface area contributed by atoms with Crippen LogP contribution in [0.4, 0.5) is 4.79 Å². The second-order valence-corrected chi connectivity index (χ2v) is 8.50. The Bertz CT molecular complexity index is 881. The highest BCUT2D eigenvalue weighted by atomic mass is 32.2. The van der Waals surface area contributed by atoms with Gasteiger partial charge in [-0.15, -0.1) is 10.2 Å². The van der Waals surface area contributed by atoms with Crippen molar-refractivity contribution in [1.82, 2.24) is 20.2 Å². The summed E-state index contributed by atoms with van der Waals surface area (Å²) < 4.78 is 7.25. The van der Waals surface area contributed by atoms with Crippen molar-refractivity contribution in [3.05, 3.63) is 35.2 Å². The summed E-state index contributed by atoms with van der Waals surface area (Å²) in [5, 5.41) is 9.97. The minimum atomic E-state index is -0.899. The molecule has 0 aliphatic rings. The fourth-order valence-corrected chi connectivity index (χ4v) is 3.64. The maximum absolute atomic E-state index is 12.2. The molecule has 29 heavy (non-hydrogen) atoms. The first-order valence-electron chi connectivity index (χ1n) is 9.29. The van der Waals surface area contributed by atoms with Crippen molar-refractivity contribution in [2.24, 2.45) is 11.7 Å². The molecule has 0 aliphatic heterocycles. The Balaban J connectivity index is 2.14.